The summed E-state index contributed by atoms with van der Waals surface area (Å²) in [7, 11) is 3.19. The number of ether oxygens (including phenoxy) is 3. The Morgan fingerprint density at radius 1 is 1.07 bits per heavy atom. The summed E-state index contributed by atoms with van der Waals surface area (Å²) in [4.78, 5) is 14.6. The number of carbonyl (C=O) groups excluding carboxylic acids is 1. The fourth-order valence-electron chi connectivity index (χ4n) is 3.75. The Balaban J connectivity index is 1.34. The highest BCUT2D eigenvalue weighted by molar-refractivity contribution is 5.85. The van der Waals surface area contributed by atoms with E-state index in [1.165, 1.54) is 0 Å². The Morgan fingerprint density at radius 3 is 2.60 bits per heavy atom. The van der Waals surface area contributed by atoms with Crippen molar-refractivity contribution in [2.45, 2.75) is 25.4 Å². The molecule has 1 amide bonds. The molecule has 2 aromatic carbocycles. The topological polar surface area (TPSA) is 73.8 Å². The maximum Gasteiger partial charge on any atom is 0.241 e. The minimum absolute atomic E-state index is 0.0234. The van der Waals surface area contributed by atoms with Gasteiger partial charge in [-0.05, 0) is 23.8 Å². The van der Waals surface area contributed by atoms with Gasteiger partial charge >= 0.3 is 0 Å². The van der Waals surface area contributed by atoms with Gasteiger partial charge in [-0.15, -0.1) is 5.10 Å². The zero-order valence-electron chi connectivity index (χ0n) is 17.2. The van der Waals surface area contributed by atoms with Crippen LogP contribution in [0.1, 0.15) is 18.4 Å². The van der Waals surface area contributed by atoms with Gasteiger partial charge in [0.2, 0.25) is 11.8 Å². The molecule has 1 fully saturated rings. The summed E-state index contributed by atoms with van der Waals surface area (Å²) in [6, 6.07) is 13.5. The minimum Gasteiger partial charge on any atom is -0.493 e. The third kappa shape index (κ3) is 4.30. The highest BCUT2D eigenvalue weighted by atomic mass is 16.5. The van der Waals surface area contributed by atoms with Crippen LogP contribution in [0.2, 0.25) is 0 Å². The molecule has 0 aliphatic carbocycles. The summed E-state index contributed by atoms with van der Waals surface area (Å²) in [5, 5.41) is 10.2. The van der Waals surface area contributed by atoms with E-state index in [-0.39, 0.29) is 12.0 Å². The first-order chi connectivity index (χ1) is 14.7. The molecule has 4 rings (SSSR count). The molecule has 156 valence electrons. The van der Waals surface area contributed by atoms with Crippen LogP contribution in [0.15, 0.2) is 48.7 Å². The fraction of sp³-hybridized carbons (Fsp3) is 0.348. The van der Waals surface area contributed by atoms with Crippen molar-refractivity contribution < 1.29 is 19.0 Å². The lowest BCUT2D eigenvalue weighted by Gasteiger charge is -2.32. The zero-order valence-corrected chi connectivity index (χ0v) is 17.2. The van der Waals surface area contributed by atoms with Gasteiger partial charge in [-0.3, -0.25) is 4.79 Å². The normalized spacial score (nSPS) is 14.5. The van der Waals surface area contributed by atoms with E-state index in [9.17, 15) is 4.79 Å². The number of benzene rings is 2. The molecule has 1 aliphatic heterocycles. The van der Waals surface area contributed by atoms with E-state index in [4.69, 9.17) is 14.2 Å². The molecule has 1 aromatic heterocycles. The molecule has 0 spiro atoms. The standard InChI is InChI=1S/C23H25N3O4/c1-28-20-8-7-16(13-21(20)29-2)14-22(27)26-11-9-18(10-12-26)30-23-19-6-4-3-5-17(19)15-24-25-23/h3-8,13,15,18H,9-12,14H2,1-2H3. The van der Waals surface area contributed by atoms with Crippen LogP contribution in [-0.2, 0) is 11.2 Å². The maximum atomic E-state index is 12.8. The lowest BCUT2D eigenvalue weighted by Crippen LogP contribution is -2.42. The number of hydrogen-bond acceptors (Lipinski definition) is 6. The average molecular weight is 407 g/mol. The fourth-order valence-corrected chi connectivity index (χ4v) is 3.75. The van der Waals surface area contributed by atoms with Gasteiger partial charge < -0.3 is 19.1 Å². The van der Waals surface area contributed by atoms with Crippen LogP contribution in [-0.4, -0.2) is 54.4 Å². The number of nitrogens with zero attached hydrogens (tertiary/aromatic N) is 3. The monoisotopic (exact) mass is 407 g/mol. The van der Waals surface area contributed by atoms with Crippen LogP contribution in [0, 0.1) is 0 Å². The molecule has 7 heteroatoms. The Kier molecular flexibility index (Phi) is 5.97. The SMILES string of the molecule is COc1ccc(CC(=O)N2CCC(Oc3nncc4ccccc34)CC2)cc1OC. The maximum absolute atomic E-state index is 12.8. The first-order valence-corrected chi connectivity index (χ1v) is 10.0. The van der Waals surface area contributed by atoms with Gasteiger partial charge in [0.05, 0.1) is 26.8 Å². The number of carbonyl (C=O) groups is 1. The molecule has 0 N–H and O–H groups in total. The van der Waals surface area contributed by atoms with Gasteiger partial charge in [-0.25, -0.2) is 0 Å². The second-order valence-corrected chi connectivity index (χ2v) is 7.30. The summed E-state index contributed by atoms with van der Waals surface area (Å²) >= 11 is 0. The Morgan fingerprint density at radius 2 is 1.83 bits per heavy atom. The molecule has 1 saturated heterocycles. The van der Waals surface area contributed by atoms with Crippen LogP contribution >= 0.6 is 0 Å². The molecule has 7 nitrogen and oxygen atoms in total. The Labute approximate surface area is 175 Å². The molecule has 0 bridgehead atoms. The van der Waals surface area contributed by atoms with E-state index in [0.717, 1.165) is 29.2 Å². The van der Waals surface area contributed by atoms with Crippen molar-refractivity contribution in [1.29, 1.82) is 0 Å². The smallest absolute Gasteiger partial charge is 0.241 e. The van der Waals surface area contributed by atoms with E-state index in [1.807, 2.05) is 47.4 Å². The average Bonchev–Trinajstić information content (AvgIpc) is 2.79. The second kappa shape index (κ2) is 8.98. The van der Waals surface area contributed by atoms with Gasteiger partial charge in [-0.1, -0.05) is 24.3 Å². The minimum atomic E-state index is 0.0234. The van der Waals surface area contributed by atoms with Crippen LogP contribution in [0.4, 0.5) is 0 Å². The second-order valence-electron chi connectivity index (χ2n) is 7.30. The number of piperidine rings is 1. The van der Waals surface area contributed by atoms with Gasteiger partial charge in [0.1, 0.15) is 6.10 Å². The Bertz CT molecular complexity index is 1030. The van der Waals surface area contributed by atoms with Gasteiger partial charge in [0.25, 0.3) is 0 Å². The molecule has 0 atom stereocenters. The predicted molar refractivity (Wildman–Crippen MR) is 113 cm³/mol. The summed E-state index contributed by atoms with van der Waals surface area (Å²) in [6.45, 7) is 1.32. The number of aromatic nitrogens is 2. The van der Waals surface area contributed by atoms with Crippen LogP contribution in [0.25, 0.3) is 10.8 Å². The quantitative estimate of drug-likeness (QED) is 0.625. The predicted octanol–water partition coefficient (Wildman–Crippen LogP) is 3.26. The molecular formula is C23H25N3O4. The zero-order chi connectivity index (χ0) is 20.9. The van der Waals surface area contributed by atoms with Gasteiger partial charge in [-0.2, -0.15) is 5.10 Å². The number of rotatable bonds is 6. The van der Waals surface area contributed by atoms with Crippen LogP contribution in [0.5, 0.6) is 17.4 Å². The summed E-state index contributed by atoms with van der Waals surface area (Å²) < 4.78 is 16.7. The van der Waals surface area contributed by atoms with E-state index in [0.29, 0.717) is 36.9 Å². The van der Waals surface area contributed by atoms with Gasteiger partial charge in [0.15, 0.2) is 11.5 Å². The lowest BCUT2D eigenvalue weighted by atomic mass is 10.1. The van der Waals surface area contributed by atoms with E-state index >= 15 is 0 Å². The van der Waals surface area contributed by atoms with Crippen molar-refractivity contribution in [1.82, 2.24) is 15.1 Å². The molecule has 0 saturated carbocycles. The summed E-state index contributed by atoms with van der Waals surface area (Å²) in [5.74, 6) is 1.95. The van der Waals surface area contributed by atoms with Crippen LogP contribution < -0.4 is 14.2 Å². The number of likely N-dealkylation sites (tertiary alicyclic amines) is 1. The third-order valence-corrected chi connectivity index (χ3v) is 5.41. The number of hydrogen-bond donors (Lipinski definition) is 0. The first kappa shape index (κ1) is 19.9. The van der Waals surface area contributed by atoms with Crippen molar-refractivity contribution >= 4 is 16.7 Å². The third-order valence-electron chi connectivity index (χ3n) is 5.41. The van der Waals surface area contributed by atoms with Crippen molar-refractivity contribution in [3.63, 3.8) is 0 Å². The molecule has 0 unspecified atom stereocenters. The molecular weight excluding hydrogens is 382 g/mol. The highest BCUT2D eigenvalue weighted by Crippen LogP contribution is 2.28. The molecule has 0 radical (unpaired) electrons. The summed E-state index contributed by atoms with van der Waals surface area (Å²) in [6.07, 6.45) is 3.62. The van der Waals surface area contributed by atoms with Crippen molar-refractivity contribution in [2.75, 3.05) is 27.3 Å². The highest BCUT2D eigenvalue weighted by Gasteiger charge is 2.25. The molecule has 30 heavy (non-hydrogen) atoms. The first-order valence-electron chi connectivity index (χ1n) is 10.0. The molecule has 3 aromatic rings. The lowest BCUT2D eigenvalue weighted by molar-refractivity contribution is -0.132. The Hall–Kier alpha value is -3.35. The van der Waals surface area contributed by atoms with Gasteiger partial charge in [0, 0.05) is 36.7 Å². The van der Waals surface area contributed by atoms with Crippen LogP contribution in [0.3, 0.4) is 0 Å². The summed E-state index contributed by atoms with van der Waals surface area (Å²) in [5.41, 5.74) is 0.905. The molecule has 1 aliphatic rings. The molecule has 2 heterocycles. The number of methoxy groups -OCH3 is 2. The van der Waals surface area contributed by atoms with Crippen molar-refractivity contribution in [2.24, 2.45) is 0 Å². The van der Waals surface area contributed by atoms with E-state index in [1.54, 1.807) is 20.4 Å². The van der Waals surface area contributed by atoms with Crippen molar-refractivity contribution in [3.8, 4) is 17.4 Å². The van der Waals surface area contributed by atoms with E-state index < -0.39 is 0 Å². The van der Waals surface area contributed by atoms with Crippen molar-refractivity contribution in [3.05, 3.63) is 54.2 Å². The number of amides is 1. The largest absolute Gasteiger partial charge is 0.493 e. The number of fused-ring (bicyclic) bond motifs is 1. The van der Waals surface area contributed by atoms with E-state index in [2.05, 4.69) is 10.2 Å².